The molecular weight excluding hydrogens is 311 g/mol. The molecule has 0 fully saturated rings. The number of amides is 2. The molecule has 0 spiro atoms. The van der Waals surface area contributed by atoms with Gasteiger partial charge in [-0.25, -0.2) is 14.2 Å². The molecule has 0 aliphatic carbocycles. The van der Waals surface area contributed by atoms with Crippen LogP contribution in [0, 0.1) is 5.82 Å². The molecule has 2 N–H and O–H groups in total. The van der Waals surface area contributed by atoms with E-state index < -0.39 is 0 Å². The van der Waals surface area contributed by atoms with Crippen LogP contribution >= 0.6 is 22.7 Å². The minimum absolute atomic E-state index is 0.319. The van der Waals surface area contributed by atoms with Gasteiger partial charge in [0.2, 0.25) is 0 Å². The zero-order valence-corrected chi connectivity index (χ0v) is 12.6. The smallest absolute Gasteiger partial charge is 0.321 e. The maximum absolute atomic E-state index is 14.1. The third kappa shape index (κ3) is 2.86. The van der Waals surface area contributed by atoms with Gasteiger partial charge in [0, 0.05) is 18.3 Å². The van der Waals surface area contributed by atoms with Gasteiger partial charge in [-0.15, -0.1) is 11.3 Å². The molecule has 2 heterocycles. The summed E-state index contributed by atoms with van der Waals surface area (Å²) in [5.74, 6) is -0.319. The van der Waals surface area contributed by atoms with Crippen LogP contribution in [0.25, 0.3) is 20.7 Å². The average molecular weight is 322 g/mol. The van der Waals surface area contributed by atoms with Crippen molar-refractivity contribution in [3.05, 3.63) is 29.7 Å². The second-order valence-electron chi connectivity index (χ2n) is 4.17. The second kappa shape index (κ2) is 5.74. The number of anilines is 1. The summed E-state index contributed by atoms with van der Waals surface area (Å²) >= 11 is 2.60. The van der Waals surface area contributed by atoms with Gasteiger partial charge < -0.3 is 5.32 Å². The summed E-state index contributed by atoms with van der Waals surface area (Å²) in [5.41, 5.74) is 2.78. The van der Waals surface area contributed by atoms with E-state index in [1.807, 2.05) is 6.92 Å². The SMILES string of the molecule is CCNC(=O)Nc1nc2cc(-c3cncs3)c(F)cc2s1. The van der Waals surface area contributed by atoms with Gasteiger partial charge in [0.1, 0.15) is 5.82 Å². The normalized spacial score (nSPS) is 10.8. The van der Waals surface area contributed by atoms with E-state index in [0.29, 0.717) is 27.5 Å². The summed E-state index contributed by atoms with van der Waals surface area (Å²) in [5, 5.41) is 5.69. The molecule has 2 aromatic heterocycles. The van der Waals surface area contributed by atoms with E-state index in [1.165, 1.54) is 28.7 Å². The van der Waals surface area contributed by atoms with Crippen molar-refractivity contribution in [2.24, 2.45) is 0 Å². The van der Waals surface area contributed by atoms with Crippen molar-refractivity contribution >= 4 is 44.1 Å². The Hall–Kier alpha value is -2.06. The number of fused-ring (bicyclic) bond motifs is 1. The van der Waals surface area contributed by atoms with Crippen LogP contribution in [0.2, 0.25) is 0 Å². The number of hydrogen-bond donors (Lipinski definition) is 2. The van der Waals surface area contributed by atoms with Crippen LogP contribution in [0.5, 0.6) is 0 Å². The van der Waals surface area contributed by atoms with Gasteiger partial charge in [0.15, 0.2) is 5.13 Å². The third-order valence-electron chi connectivity index (χ3n) is 2.73. The van der Waals surface area contributed by atoms with Gasteiger partial charge in [-0.1, -0.05) is 11.3 Å². The lowest BCUT2D eigenvalue weighted by molar-refractivity contribution is 0.252. The van der Waals surface area contributed by atoms with E-state index >= 15 is 0 Å². The zero-order valence-electron chi connectivity index (χ0n) is 11.0. The van der Waals surface area contributed by atoms with E-state index in [-0.39, 0.29) is 11.8 Å². The monoisotopic (exact) mass is 322 g/mol. The largest absolute Gasteiger partial charge is 0.338 e. The van der Waals surface area contributed by atoms with Gasteiger partial charge >= 0.3 is 6.03 Å². The summed E-state index contributed by atoms with van der Waals surface area (Å²) in [6.07, 6.45) is 1.62. The quantitative estimate of drug-likeness (QED) is 0.772. The fraction of sp³-hybridized carbons (Fsp3) is 0.154. The lowest BCUT2D eigenvalue weighted by Gasteiger charge is -2.00. The first-order valence-electron chi connectivity index (χ1n) is 6.21. The third-order valence-corrected chi connectivity index (χ3v) is 4.47. The van der Waals surface area contributed by atoms with E-state index in [1.54, 1.807) is 17.8 Å². The molecule has 3 aromatic rings. The summed E-state index contributed by atoms with van der Waals surface area (Å²) in [7, 11) is 0. The zero-order chi connectivity index (χ0) is 14.8. The number of urea groups is 1. The molecule has 108 valence electrons. The molecule has 0 saturated heterocycles. The Morgan fingerprint density at radius 2 is 2.29 bits per heavy atom. The molecule has 8 heteroatoms. The lowest BCUT2D eigenvalue weighted by Crippen LogP contribution is -2.28. The second-order valence-corrected chi connectivity index (χ2v) is 6.09. The van der Waals surface area contributed by atoms with Gasteiger partial charge in [0.05, 0.1) is 20.6 Å². The molecule has 0 aliphatic rings. The van der Waals surface area contributed by atoms with Crippen molar-refractivity contribution in [3.8, 4) is 10.4 Å². The number of rotatable bonds is 3. The number of hydrogen-bond acceptors (Lipinski definition) is 5. The Bertz CT molecular complexity index is 785. The Kier molecular flexibility index (Phi) is 3.80. The van der Waals surface area contributed by atoms with Crippen LogP contribution in [0.1, 0.15) is 6.92 Å². The summed E-state index contributed by atoms with van der Waals surface area (Å²) < 4.78 is 14.8. The predicted molar refractivity (Wildman–Crippen MR) is 83.4 cm³/mol. The molecule has 0 atom stereocenters. The van der Waals surface area contributed by atoms with Gasteiger partial charge in [0.25, 0.3) is 0 Å². The molecule has 0 unspecified atom stereocenters. The standard InChI is InChI=1S/C13H11FN4OS2/c1-2-16-12(19)18-13-17-9-3-7(11-5-15-6-20-11)8(14)4-10(9)21-13/h3-6H,2H2,1H3,(H2,16,17,18,19). The van der Waals surface area contributed by atoms with Crippen LogP contribution in [0.15, 0.2) is 23.8 Å². The first-order chi connectivity index (χ1) is 10.2. The van der Waals surface area contributed by atoms with E-state index in [4.69, 9.17) is 0 Å². The van der Waals surface area contributed by atoms with E-state index in [9.17, 15) is 9.18 Å². The number of carbonyl (C=O) groups excluding carboxylic acids is 1. The Morgan fingerprint density at radius 3 is 3.00 bits per heavy atom. The number of aromatic nitrogens is 2. The van der Waals surface area contributed by atoms with Gasteiger partial charge in [-0.3, -0.25) is 10.3 Å². The highest BCUT2D eigenvalue weighted by Gasteiger charge is 2.13. The van der Waals surface area contributed by atoms with E-state index in [2.05, 4.69) is 20.6 Å². The Labute approximate surface area is 127 Å². The predicted octanol–water partition coefficient (Wildman–Crippen LogP) is 3.70. The Balaban J connectivity index is 1.97. The van der Waals surface area contributed by atoms with Crippen LogP contribution in [0.3, 0.4) is 0 Å². The highest BCUT2D eigenvalue weighted by molar-refractivity contribution is 7.22. The summed E-state index contributed by atoms with van der Waals surface area (Å²) in [6, 6.07) is 2.79. The molecule has 0 bridgehead atoms. The van der Waals surface area contributed by atoms with Crippen LogP contribution in [-0.4, -0.2) is 22.5 Å². The van der Waals surface area contributed by atoms with Crippen molar-refractivity contribution in [3.63, 3.8) is 0 Å². The van der Waals surface area contributed by atoms with Crippen LogP contribution in [0.4, 0.5) is 14.3 Å². The minimum Gasteiger partial charge on any atom is -0.338 e. The minimum atomic E-state index is -0.320. The molecule has 0 radical (unpaired) electrons. The highest BCUT2D eigenvalue weighted by atomic mass is 32.1. The fourth-order valence-corrected chi connectivity index (χ4v) is 3.35. The maximum Gasteiger partial charge on any atom is 0.321 e. The van der Waals surface area contributed by atoms with Crippen LogP contribution < -0.4 is 10.6 Å². The summed E-state index contributed by atoms with van der Waals surface area (Å²) in [4.78, 5) is 20.5. The number of thiazole rings is 2. The first kappa shape index (κ1) is 13.9. The number of nitrogens with zero attached hydrogens (tertiary/aromatic N) is 2. The lowest BCUT2D eigenvalue weighted by atomic mass is 10.2. The molecule has 2 amide bonds. The molecule has 0 saturated carbocycles. The molecule has 21 heavy (non-hydrogen) atoms. The number of benzene rings is 1. The maximum atomic E-state index is 14.1. The van der Waals surface area contributed by atoms with Crippen molar-refractivity contribution in [2.45, 2.75) is 6.92 Å². The number of halogens is 1. The molecule has 1 aromatic carbocycles. The molecule has 3 rings (SSSR count). The molecule has 0 aliphatic heterocycles. The summed E-state index contributed by atoms with van der Waals surface area (Å²) in [6.45, 7) is 2.36. The Morgan fingerprint density at radius 1 is 1.43 bits per heavy atom. The van der Waals surface area contributed by atoms with Gasteiger partial charge in [-0.05, 0) is 19.1 Å². The number of nitrogens with one attached hydrogen (secondary N) is 2. The van der Waals surface area contributed by atoms with Crippen molar-refractivity contribution in [1.29, 1.82) is 0 Å². The van der Waals surface area contributed by atoms with Crippen LogP contribution in [-0.2, 0) is 0 Å². The average Bonchev–Trinajstić information content (AvgIpc) is 3.06. The number of carbonyl (C=O) groups is 1. The van der Waals surface area contributed by atoms with Crippen molar-refractivity contribution in [2.75, 3.05) is 11.9 Å². The highest BCUT2D eigenvalue weighted by Crippen LogP contribution is 2.33. The van der Waals surface area contributed by atoms with Crippen molar-refractivity contribution < 1.29 is 9.18 Å². The fourth-order valence-electron chi connectivity index (χ4n) is 1.84. The first-order valence-corrected chi connectivity index (χ1v) is 7.90. The van der Waals surface area contributed by atoms with Crippen molar-refractivity contribution in [1.82, 2.24) is 15.3 Å². The molecular formula is C13H11FN4OS2. The topological polar surface area (TPSA) is 66.9 Å². The van der Waals surface area contributed by atoms with E-state index in [0.717, 1.165) is 4.88 Å². The van der Waals surface area contributed by atoms with Gasteiger partial charge in [-0.2, -0.15) is 0 Å². The molecule has 5 nitrogen and oxygen atoms in total.